The van der Waals surface area contributed by atoms with Crippen LogP contribution >= 0.6 is 12.4 Å². The summed E-state index contributed by atoms with van der Waals surface area (Å²) in [6.07, 6.45) is 3.87. The molecule has 1 amide bonds. The molecule has 1 aliphatic rings. The number of carbonyl (C=O) groups excluding carboxylic acids is 1. The number of anilines is 1. The van der Waals surface area contributed by atoms with Gasteiger partial charge in [0.2, 0.25) is 0 Å². The van der Waals surface area contributed by atoms with E-state index in [1.54, 1.807) is 23.0 Å². The number of piperidine rings is 1. The highest BCUT2D eigenvalue weighted by Gasteiger charge is 2.18. The summed E-state index contributed by atoms with van der Waals surface area (Å²) in [4.78, 5) is 12.3. The SMILES string of the molecule is CC(C)Oc1ccc(NC(=O)c2ccn(C3CCCNC3)n2)c(F)c1.Cl. The van der Waals surface area contributed by atoms with Crippen LogP contribution in [0.1, 0.15) is 43.2 Å². The zero-order chi connectivity index (χ0) is 17.8. The van der Waals surface area contributed by atoms with Gasteiger partial charge in [-0.3, -0.25) is 9.48 Å². The van der Waals surface area contributed by atoms with Gasteiger partial charge in [0.15, 0.2) is 5.69 Å². The average Bonchev–Trinajstić information content (AvgIpc) is 3.08. The maximum absolute atomic E-state index is 14.1. The fraction of sp³-hybridized carbons (Fsp3) is 0.444. The van der Waals surface area contributed by atoms with Crippen LogP contribution in [0.15, 0.2) is 30.5 Å². The van der Waals surface area contributed by atoms with Gasteiger partial charge >= 0.3 is 0 Å². The summed E-state index contributed by atoms with van der Waals surface area (Å²) in [6.45, 7) is 5.59. The number of amides is 1. The Hall–Kier alpha value is -2.12. The monoisotopic (exact) mass is 382 g/mol. The quantitative estimate of drug-likeness (QED) is 0.831. The molecule has 8 heteroatoms. The van der Waals surface area contributed by atoms with Gasteiger partial charge in [-0.15, -0.1) is 12.4 Å². The van der Waals surface area contributed by atoms with Crippen LogP contribution in [-0.2, 0) is 0 Å². The molecule has 0 aliphatic carbocycles. The standard InChI is InChI=1S/C18H23FN4O2.ClH/c1-12(2)25-14-5-6-16(15(19)10-14)21-18(24)17-7-9-23(22-17)13-4-3-8-20-11-13;/h5-7,9-10,12-13,20H,3-4,8,11H2,1-2H3,(H,21,24);1H. The van der Waals surface area contributed by atoms with Crippen LogP contribution in [0.3, 0.4) is 0 Å². The number of nitrogens with one attached hydrogen (secondary N) is 2. The third-order valence-corrected chi connectivity index (χ3v) is 4.05. The van der Waals surface area contributed by atoms with Crippen LogP contribution in [-0.4, -0.2) is 34.9 Å². The molecule has 1 aromatic carbocycles. The van der Waals surface area contributed by atoms with Crippen LogP contribution in [0, 0.1) is 5.82 Å². The van der Waals surface area contributed by atoms with Gasteiger partial charge in [-0.1, -0.05) is 0 Å². The molecule has 6 nitrogen and oxygen atoms in total. The van der Waals surface area contributed by atoms with Gasteiger partial charge in [-0.25, -0.2) is 4.39 Å². The third-order valence-electron chi connectivity index (χ3n) is 4.05. The maximum Gasteiger partial charge on any atom is 0.276 e. The van der Waals surface area contributed by atoms with Crippen molar-refractivity contribution in [3.63, 3.8) is 0 Å². The molecule has 1 fully saturated rings. The van der Waals surface area contributed by atoms with E-state index in [2.05, 4.69) is 15.7 Å². The summed E-state index contributed by atoms with van der Waals surface area (Å²) in [5.74, 6) is -0.541. The smallest absolute Gasteiger partial charge is 0.276 e. The van der Waals surface area contributed by atoms with E-state index < -0.39 is 11.7 Å². The van der Waals surface area contributed by atoms with Crippen LogP contribution in [0.2, 0.25) is 0 Å². The summed E-state index contributed by atoms with van der Waals surface area (Å²) < 4.78 is 21.4. The zero-order valence-corrected chi connectivity index (χ0v) is 15.7. The van der Waals surface area contributed by atoms with Crippen molar-refractivity contribution in [2.75, 3.05) is 18.4 Å². The van der Waals surface area contributed by atoms with Gasteiger partial charge < -0.3 is 15.4 Å². The number of hydrogen-bond acceptors (Lipinski definition) is 4. The van der Waals surface area contributed by atoms with E-state index in [0.717, 1.165) is 25.9 Å². The molecule has 1 unspecified atom stereocenters. The van der Waals surface area contributed by atoms with E-state index in [0.29, 0.717) is 5.75 Å². The molecule has 2 heterocycles. The van der Waals surface area contributed by atoms with E-state index in [9.17, 15) is 9.18 Å². The molecule has 0 bridgehead atoms. The van der Waals surface area contributed by atoms with Gasteiger partial charge in [-0.05, 0) is 51.4 Å². The summed E-state index contributed by atoms with van der Waals surface area (Å²) in [6, 6.07) is 6.29. The Morgan fingerprint density at radius 1 is 1.42 bits per heavy atom. The molecule has 2 aromatic rings. The van der Waals surface area contributed by atoms with Crippen molar-refractivity contribution in [2.24, 2.45) is 0 Å². The Morgan fingerprint density at radius 3 is 2.88 bits per heavy atom. The highest BCUT2D eigenvalue weighted by molar-refractivity contribution is 6.02. The van der Waals surface area contributed by atoms with Crippen LogP contribution in [0.4, 0.5) is 10.1 Å². The number of carbonyl (C=O) groups is 1. The highest BCUT2D eigenvalue weighted by atomic mass is 35.5. The van der Waals surface area contributed by atoms with Gasteiger partial charge in [0.1, 0.15) is 11.6 Å². The number of halogens is 2. The van der Waals surface area contributed by atoms with Crippen molar-refractivity contribution < 1.29 is 13.9 Å². The largest absolute Gasteiger partial charge is 0.491 e. The molecule has 142 valence electrons. The van der Waals surface area contributed by atoms with Gasteiger partial charge in [0, 0.05) is 18.8 Å². The predicted octanol–water partition coefficient (Wildman–Crippen LogP) is 3.41. The number of benzene rings is 1. The second-order valence-corrected chi connectivity index (χ2v) is 6.44. The summed E-state index contributed by atoms with van der Waals surface area (Å²) in [5, 5.41) is 10.2. The van der Waals surface area contributed by atoms with E-state index in [4.69, 9.17) is 4.74 Å². The number of rotatable bonds is 5. The Kier molecular flexibility index (Phi) is 6.99. The lowest BCUT2D eigenvalue weighted by atomic mass is 10.1. The predicted molar refractivity (Wildman–Crippen MR) is 101 cm³/mol. The zero-order valence-electron chi connectivity index (χ0n) is 14.9. The summed E-state index contributed by atoms with van der Waals surface area (Å²) >= 11 is 0. The lowest BCUT2D eigenvalue weighted by Gasteiger charge is -2.22. The first-order valence-electron chi connectivity index (χ1n) is 8.56. The maximum atomic E-state index is 14.1. The van der Waals surface area contributed by atoms with E-state index in [-0.39, 0.29) is 35.9 Å². The normalized spacial score (nSPS) is 16.8. The van der Waals surface area contributed by atoms with E-state index >= 15 is 0 Å². The number of nitrogens with zero attached hydrogens (tertiary/aromatic N) is 2. The molecule has 2 N–H and O–H groups in total. The number of hydrogen-bond donors (Lipinski definition) is 2. The minimum Gasteiger partial charge on any atom is -0.491 e. The van der Waals surface area contributed by atoms with Crippen LogP contribution in [0.5, 0.6) is 5.75 Å². The Bertz CT molecular complexity index is 745. The van der Waals surface area contributed by atoms with E-state index in [1.165, 1.54) is 12.1 Å². The lowest BCUT2D eigenvalue weighted by Crippen LogP contribution is -2.32. The third kappa shape index (κ3) is 4.95. The second kappa shape index (κ2) is 9.00. The van der Waals surface area contributed by atoms with Crippen molar-refractivity contribution in [3.05, 3.63) is 42.0 Å². The Morgan fingerprint density at radius 2 is 2.23 bits per heavy atom. The molecule has 0 radical (unpaired) electrons. The Balaban J connectivity index is 0.00000243. The fourth-order valence-electron chi connectivity index (χ4n) is 2.85. The second-order valence-electron chi connectivity index (χ2n) is 6.44. The van der Waals surface area contributed by atoms with Crippen LogP contribution < -0.4 is 15.4 Å². The van der Waals surface area contributed by atoms with Gasteiger partial charge in [0.05, 0.1) is 17.8 Å². The van der Waals surface area contributed by atoms with Gasteiger partial charge in [0.25, 0.3) is 5.91 Å². The molecule has 1 saturated heterocycles. The average molecular weight is 383 g/mol. The number of aromatic nitrogens is 2. The first-order valence-corrected chi connectivity index (χ1v) is 8.56. The first kappa shape index (κ1) is 20.2. The lowest BCUT2D eigenvalue weighted by molar-refractivity contribution is 0.102. The van der Waals surface area contributed by atoms with Crippen molar-refractivity contribution in [1.29, 1.82) is 0 Å². The molecule has 0 saturated carbocycles. The molecule has 1 atom stereocenters. The molecule has 0 spiro atoms. The molecule has 3 rings (SSSR count). The summed E-state index contributed by atoms with van der Waals surface area (Å²) in [5.41, 5.74) is 0.377. The fourth-order valence-corrected chi connectivity index (χ4v) is 2.85. The minimum absolute atomic E-state index is 0. The highest BCUT2D eigenvalue weighted by Crippen LogP contribution is 2.22. The minimum atomic E-state index is -0.539. The first-order chi connectivity index (χ1) is 12.0. The topological polar surface area (TPSA) is 68.2 Å². The van der Waals surface area contributed by atoms with Crippen molar-refractivity contribution in [1.82, 2.24) is 15.1 Å². The molecule has 1 aromatic heterocycles. The molecular formula is C18H24ClFN4O2. The van der Waals surface area contributed by atoms with Crippen LogP contribution in [0.25, 0.3) is 0 Å². The molecule has 26 heavy (non-hydrogen) atoms. The Labute approximate surface area is 158 Å². The molecular weight excluding hydrogens is 359 g/mol. The van der Waals surface area contributed by atoms with Crippen molar-refractivity contribution >= 4 is 24.0 Å². The van der Waals surface area contributed by atoms with Gasteiger partial charge in [-0.2, -0.15) is 5.10 Å². The van der Waals surface area contributed by atoms with E-state index in [1.807, 2.05) is 13.8 Å². The molecule has 1 aliphatic heterocycles. The number of ether oxygens (including phenoxy) is 1. The van der Waals surface area contributed by atoms with Crippen molar-refractivity contribution in [3.8, 4) is 5.75 Å². The summed E-state index contributed by atoms with van der Waals surface area (Å²) in [7, 11) is 0. The van der Waals surface area contributed by atoms with Crippen molar-refractivity contribution in [2.45, 2.75) is 38.8 Å².